The number of carbonyl (C=O) groups is 1. The van der Waals surface area contributed by atoms with E-state index >= 15 is 0 Å². The van der Waals surface area contributed by atoms with Crippen LogP contribution in [0.5, 0.6) is 11.5 Å². The predicted octanol–water partition coefficient (Wildman–Crippen LogP) is 4.02. The summed E-state index contributed by atoms with van der Waals surface area (Å²) in [6, 6.07) is 4.55. The smallest absolute Gasteiger partial charge is 0.223 e. The van der Waals surface area contributed by atoms with Crippen LogP contribution in [-0.2, 0) is 4.79 Å². The zero-order chi connectivity index (χ0) is 16.5. The second kappa shape index (κ2) is 9.34. The molecule has 1 aromatic carbocycles. The number of nitrogens with zero attached hydrogens (tertiary/aromatic N) is 1. The van der Waals surface area contributed by atoms with E-state index < -0.39 is 0 Å². The molecule has 4 nitrogen and oxygen atoms in total. The Morgan fingerprint density at radius 2 is 1.73 bits per heavy atom. The summed E-state index contributed by atoms with van der Waals surface area (Å²) < 4.78 is 0. The lowest BCUT2D eigenvalue weighted by Crippen LogP contribution is -2.33. The molecule has 0 radical (unpaired) electrons. The van der Waals surface area contributed by atoms with Crippen molar-refractivity contribution in [3.8, 4) is 11.5 Å². The Bertz CT molecular complexity index is 465. The van der Waals surface area contributed by atoms with Gasteiger partial charge in [-0.1, -0.05) is 39.7 Å². The molecule has 124 valence electrons. The van der Waals surface area contributed by atoms with Crippen LogP contribution in [0.15, 0.2) is 18.2 Å². The number of benzene rings is 1. The van der Waals surface area contributed by atoms with Crippen LogP contribution < -0.4 is 0 Å². The van der Waals surface area contributed by atoms with Gasteiger partial charge in [0.05, 0.1) is 0 Å². The molecule has 1 amide bonds. The van der Waals surface area contributed by atoms with Crippen LogP contribution in [-0.4, -0.2) is 34.1 Å². The van der Waals surface area contributed by atoms with Gasteiger partial charge >= 0.3 is 0 Å². The SMILES string of the molecule is CCCCN(CCCC)C(=O)CC(C)c1ccc(O)cc1O. The van der Waals surface area contributed by atoms with E-state index in [1.807, 2.05) is 11.8 Å². The van der Waals surface area contributed by atoms with Gasteiger partial charge in [0.15, 0.2) is 0 Å². The number of amides is 1. The molecule has 0 aromatic heterocycles. The highest BCUT2D eigenvalue weighted by atomic mass is 16.3. The van der Waals surface area contributed by atoms with Gasteiger partial charge in [-0.2, -0.15) is 0 Å². The van der Waals surface area contributed by atoms with E-state index in [0.717, 1.165) is 38.8 Å². The summed E-state index contributed by atoms with van der Waals surface area (Å²) in [4.78, 5) is 14.5. The lowest BCUT2D eigenvalue weighted by Gasteiger charge is -2.24. The molecule has 0 aliphatic rings. The number of phenols is 2. The monoisotopic (exact) mass is 307 g/mol. The summed E-state index contributed by atoms with van der Waals surface area (Å²) in [7, 11) is 0. The predicted molar refractivity (Wildman–Crippen MR) is 89.2 cm³/mol. The second-order valence-electron chi connectivity index (χ2n) is 5.94. The van der Waals surface area contributed by atoms with E-state index in [4.69, 9.17) is 0 Å². The van der Waals surface area contributed by atoms with Gasteiger partial charge in [-0.15, -0.1) is 0 Å². The van der Waals surface area contributed by atoms with Gasteiger partial charge in [0.2, 0.25) is 5.91 Å². The molecule has 4 heteroatoms. The number of phenolic OH excluding ortho intramolecular Hbond substituents is 2. The summed E-state index contributed by atoms with van der Waals surface area (Å²) in [6.07, 6.45) is 4.57. The van der Waals surface area contributed by atoms with Gasteiger partial charge in [0.1, 0.15) is 11.5 Å². The zero-order valence-corrected chi connectivity index (χ0v) is 14.0. The molecule has 1 rings (SSSR count). The molecule has 0 saturated carbocycles. The molecule has 0 aliphatic carbocycles. The number of carbonyl (C=O) groups excluding carboxylic acids is 1. The Labute approximate surface area is 133 Å². The van der Waals surface area contributed by atoms with E-state index in [-0.39, 0.29) is 23.3 Å². The van der Waals surface area contributed by atoms with E-state index in [1.165, 1.54) is 6.07 Å². The number of unbranched alkanes of at least 4 members (excludes halogenated alkanes) is 2. The van der Waals surface area contributed by atoms with Crippen molar-refractivity contribution >= 4 is 5.91 Å². The first-order valence-electron chi connectivity index (χ1n) is 8.29. The number of rotatable bonds is 9. The van der Waals surface area contributed by atoms with Crippen LogP contribution in [0.2, 0.25) is 0 Å². The van der Waals surface area contributed by atoms with Crippen LogP contribution >= 0.6 is 0 Å². The van der Waals surface area contributed by atoms with E-state index in [1.54, 1.807) is 12.1 Å². The number of hydrogen-bond donors (Lipinski definition) is 2. The first-order chi connectivity index (χ1) is 10.5. The molecule has 2 N–H and O–H groups in total. The highest BCUT2D eigenvalue weighted by Gasteiger charge is 2.19. The largest absolute Gasteiger partial charge is 0.508 e. The molecule has 0 aliphatic heterocycles. The van der Waals surface area contributed by atoms with Gasteiger partial charge < -0.3 is 15.1 Å². The van der Waals surface area contributed by atoms with Crippen LogP contribution in [0.1, 0.15) is 64.4 Å². The highest BCUT2D eigenvalue weighted by Crippen LogP contribution is 2.31. The van der Waals surface area contributed by atoms with Crippen LogP contribution in [0, 0.1) is 0 Å². The minimum absolute atomic E-state index is 0.0345. The summed E-state index contributed by atoms with van der Waals surface area (Å²) in [5, 5.41) is 19.3. The van der Waals surface area contributed by atoms with Gasteiger partial charge in [-0.25, -0.2) is 0 Å². The third-order valence-corrected chi connectivity index (χ3v) is 3.94. The van der Waals surface area contributed by atoms with Crippen LogP contribution in [0.3, 0.4) is 0 Å². The standard InChI is InChI=1S/C18H29NO3/c1-4-6-10-19(11-7-5-2)18(22)12-14(3)16-9-8-15(20)13-17(16)21/h8-9,13-14,20-21H,4-7,10-12H2,1-3H3. The summed E-state index contributed by atoms with van der Waals surface area (Å²) >= 11 is 0. The van der Waals surface area contributed by atoms with Crippen molar-refractivity contribution in [2.24, 2.45) is 0 Å². The maximum atomic E-state index is 12.5. The Morgan fingerprint density at radius 1 is 1.14 bits per heavy atom. The molecule has 1 aromatic rings. The van der Waals surface area contributed by atoms with Crippen molar-refractivity contribution < 1.29 is 15.0 Å². The van der Waals surface area contributed by atoms with Crippen molar-refractivity contribution in [3.63, 3.8) is 0 Å². The van der Waals surface area contributed by atoms with Crippen LogP contribution in [0.25, 0.3) is 0 Å². The topological polar surface area (TPSA) is 60.8 Å². The summed E-state index contributed by atoms with van der Waals surface area (Å²) in [6.45, 7) is 7.80. The molecule has 22 heavy (non-hydrogen) atoms. The van der Waals surface area contributed by atoms with Gasteiger partial charge in [-0.3, -0.25) is 4.79 Å². The van der Waals surface area contributed by atoms with E-state index in [9.17, 15) is 15.0 Å². The van der Waals surface area contributed by atoms with Crippen LogP contribution in [0.4, 0.5) is 0 Å². The molecule has 0 spiro atoms. The lowest BCUT2D eigenvalue weighted by atomic mass is 9.96. The molecular formula is C18H29NO3. The maximum Gasteiger partial charge on any atom is 0.223 e. The Hall–Kier alpha value is -1.71. The molecule has 0 fully saturated rings. The van der Waals surface area contributed by atoms with Crippen molar-refractivity contribution in [1.29, 1.82) is 0 Å². The Kier molecular flexibility index (Phi) is 7.78. The lowest BCUT2D eigenvalue weighted by molar-refractivity contribution is -0.131. The highest BCUT2D eigenvalue weighted by molar-refractivity contribution is 5.77. The minimum atomic E-state index is -0.0705. The quantitative estimate of drug-likeness (QED) is 0.724. The average Bonchev–Trinajstić information content (AvgIpc) is 2.47. The third kappa shape index (κ3) is 5.58. The van der Waals surface area contributed by atoms with Crippen molar-refractivity contribution in [3.05, 3.63) is 23.8 Å². The fourth-order valence-corrected chi connectivity index (χ4v) is 2.51. The molecule has 1 atom stereocenters. The molecular weight excluding hydrogens is 278 g/mol. The normalized spacial score (nSPS) is 12.1. The van der Waals surface area contributed by atoms with E-state index in [2.05, 4.69) is 13.8 Å². The Morgan fingerprint density at radius 3 is 2.23 bits per heavy atom. The molecule has 0 heterocycles. The fraction of sp³-hybridized carbons (Fsp3) is 0.611. The average molecular weight is 307 g/mol. The first kappa shape index (κ1) is 18.3. The first-order valence-corrected chi connectivity index (χ1v) is 8.29. The molecule has 0 saturated heterocycles. The van der Waals surface area contributed by atoms with Crippen molar-refractivity contribution in [2.45, 2.75) is 58.8 Å². The fourth-order valence-electron chi connectivity index (χ4n) is 2.51. The second-order valence-corrected chi connectivity index (χ2v) is 5.94. The van der Waals surface area contributed by atoms with Gasteiger partial charge in [-0.05, 0) is 30.4 Å². The van der Waals surface area contributed by atoms with Gasteiger partial charge in [0.25, 0.3) is 0 Å². The summed E-state index contributed by atoms with van der Waals surface area (Å²) in [5.74, 6) is 0.155. The van der Waals surface area contributed by atoms with E-state index in [0.29, 0.717) is 12.0 Å². The minimum Gasteiger partial charge on any atom is -0.508 e. The van der Waals surface area contributed by atoms with Crippen molar-refractivity contribution in [2.75, 3.05) is 13.1 Å². The zero-order valence-electron chi connectivity index (χ0n) is 14.0. The summed E-state index contributed by atoms with van der Waals surface area (Å²) in [5.41, 5.74) is 0.706. The van der Waals surface area contributed by atoms with Crippen molar-refractivity contribution in [1.82, 2.24) is 4.90 Å². The molecule has 0 bridgehead atoms. The Balaban J connectivity index is 2.69. The van der Waals surface area contributed by atoms with Gasteiger partial charge in [0, 0.05) is 25.6 Å². The number of aromatic hydroxyl groups is 2. The molecule has 1 unspecified atom stereocenters. The maximum absolute atomic E-state index is 12.5. The number of hydrogen-bond acceptors (Lipinski definition) is 3. The third-order valence-electron chi connectivity index (χ3n) is 3.94.